The first-order valence-corrected chi connectivity index (χ1v) is 22.9. The zero-order chi connectivity index (χ0) is 47.3. The van der Waals surface area contributed by atoms with Crippen LogP contribution in [0.5, 0.6) is 0 Å². The molecule has 0 spiro atoms. The molecule has 0 saturated carbocycles. The number of likely N-dealkylation sites (tertiary alicyclic amines) is 1. The van der Waals surface area contributed by atoms with E-state index in [1.165, 1.54) is 33.5 Å². The van der Waals surface area contributed by atoms with Gasteiger partial charge < -0.3 is 40.6 Å². The highest BCUT2D eigenvalue weighted by Gasteiger charge is 2.35. The van der Waals surface area contributed by atoms with Crippen LogP contribution in [-0.2, 0) is 30.3 Å². The van der Waals surface area contributed by atoms with Gasteiger partial charge in [0.25, 0.3) is 6.47 Å². The number of carbonyl (C=O) groups excluding carboxylic acids is 4. The Morgan fingerprint density at radius 3 is 2.22 bits per heavy atom. The molecule has 15 nitrogen and oxygen atoms in total. The molecule has 5 N–H and O–H groups in total. The second kappa shape index (κ2) is 31.1. The van der Waals surface area contributed by atoms with Gasteiger partial charge in [0.15, 0.2) is 5.82 Å². The number of carbonyl (C=O) groups is 4. The Morgan fingerprint density at radius 1 is 0.953 bits per heavy atom. The molecule has 1 aliphatic rings. The molecule has 1 saturated heterocycles. The molecular weight excluding hydrogens is 811 g/mol. The molecule has 352 valence electrons. The maximum Gasteiger partial charge on any atom is 0.407 e. The largest absolute Gasteiger partial charge is 0.471 e. The monoisotopic (exact) mass is 886 g/mol. The van der Waals surface area contributed by atoms with E-state index in [-0.39, 0.29) is 30.4 Å². The van der Waals surface area contributed by atoms with Crippen LogP contribution < -0.4 is 21.3 Å². The molecule has 0 radical (unpaired) electrons. The quantitative estimate of drug-likeness (QED) is 0.0307. The first kappa shape index (κ1) is 54.3. The van der Waals surface area contributed by atoms with E-state index in [1.807, 2.05) is 44.1 Å². The van der Waals surface area contributed by atoms with Crippen molar-refractivity contribution in [3.8, 4) is 22.5 Å². The van der Waals surface area contributed by atoms with E-state index in [2.05, 4.69) is 117 Å². The standard InChI is InChI=1S/C40H53N9O4.C5H12.C2H4O2.C2H6/c1-6-26(7-2)37(42-4)39(51)49-20-10-11-31(49)23-45-38-33(41-3)18-17-32(48-38)29-15-13-28-22-30(16-14-27(28)21-29)34-24-44-35(47-34)12-8-9-19-43-36(50)25-46-40(52)53-5;1-3-5-4-2;1-4-2-3;1-2/h13-18,21-22,24,26,31,37,42H,3,6-12,19-20,23,25H2,1-2,4-5H3,(H,43,50)(H,44,47)(H,45,48)(H,46,52);3-5H2,1-2H3;2H,1H3;1-2H3. The molecule has 2 unspecified atom stereocenters. The Labute approximate surface area is 381 Å². The number of H-pyrrole nitrogens is 1. The second-order valence-electron chi connectivity index (χ2n) is 15.1. The molecule has 3 amide bonds. The number of aromatic amines is 1. The smallest absolute Gasteiger partial charge is 0.407 e. The van der Waals surface area contributed by atoms with Crippen molar-refractivity contribution in [2.75, 3.05) is 52.8 Å². The molecule has 4 aromatic rings. The average Bonchev–Trinajstić information content (AvgIpc) is 4.02. The van der Waals surface area contributed by atoms with Gasteiger partial charge in [-0.15, -0.1) is 0 Å². The fraction of sp³-hybridized carbons (Fsp3) is 0.531. The number of aliphatic imine (C=N–C) groups is 1. The third kappa shape index (κ3) is 17.4. The molecule has 2 aromatic carbocycles. The lowest BCUT2D eigenvalue weighted by atomic mass is 9.93. The number of pyridine rings is 1. The van der Waals surface area contributed by atoms with Gasteiger partial charge in [0.2, 0.25) is 11.8 Å². The van der Waals surface area contributed by atoms with Gasteiger partial charge in [0.1, 0.15) is 11.5 Å². The normalized spacial score (nSPS) is 13.2. The zero-order valence-electron chi connectivity index (χ0n) is 39.9. The van der Waals surface area contributed by atoms with E-state index in [0.717, 1.165) is 90.6 Å². The molecule has 5 rings (SSSR count). The Hall–Kier alpha value is -5.83. The van der Waals surface area contributed by atoms with Gasteiger partial charge in [-0.1, -0.05) is 97.9 Å². The van der Waals surface area contributed by atoms with Crippen molar-refractivity contribution in [1.29, 1.82) is 0 Å². The lowest BCUT2D eigenvalue weighted by Gasteiger charge is -2.32. The summed E-state index contributed by atoms with van der Waals surface area (Å²) < 4.78 is 8.32. The maximum atomic E-state index is 13.6. The Balaban J connectivity index is 0.00000115. The number of unbranched alkanes of at least 4 members (excludes halogenated alkanes) is 3. The zero-order valence-corrected chi connectivity index (χ0v) is 39.9. The Kier molecular flexibility index (Phi) is 26.4. The van der Waals surface area contributed by atoms with Crippen molar-refractivity contribution in [3.05, 3.63) is 60.6 Å². The van der Waals surface area contributed by atoms with E-state index in [4.69, 9.17) is 9.78 Å². The third-order valence-electron chi connectivity index (χ3n) is 10.9. The molecule has 0 aliphatic carbocycles. The minimum absolute atomic E-state index is 0.0835. The van der Waals surface area contributed by atoms with Crippen LogP contribution in [0.25, 0.3) is 33.3 Å². The summed E-state index contributed by atoms with van der Waals surface area (Å²) in [6.45, 7) is 18.6. The van der Waals surface area contributed by atoms with Crippen LogP contribution in [0.3, 0.4) is 0 Å². The predicted molar refractivity (Wildman–Crippen MR) is 260 cm³/mol. The summed E-state index contributed by atoms with van der Waals surface area (Å²) in [4.78, 5) is 64.7. The van der Waals surface area contributed by atoms with E-state index < -0.39 is 6.09 Å². The van der Waals surface area contributed by atoms with Crippen LogP contribution in [0.4, 0.5) is 16.3 Å². The SMILES string of the molecule is C=Nc1ccc(-c2ccc3cc(-c4cnc(CCCCNC(=O)CNC(=O)OC)[nH]4)ccc3c2)nc1NCC1CCCN1C(=O)C(NC)C(CC)CC.CC.CCCCC.COC=O. The fourth-order valence-corrected chi connectivity index (χ4v) is 7.42. The summed E-state index contributed by atoms with van der Waals surface area (Å²) in [5, 5.41) is 14.1. The minimum Gasteiger partial charge on any atom is -0.471 e. The number of imidazole rings is 1. The van der Waals surface area contributed by atoms with E-state index in [0.29, 0.717) is 37.0 Å². The fourth-order valence-electron chi connectivity index (χ4n) is 7.42. The summed E-state index contributed by atoms with van der Waals surface area (Å²) >= 11 is 0. The number of rotatable bonds is 21. The van der Waals surface area contributed by atoms with Gasteiger partial charge >= 0.3 is 6.09 Å². The van der Waals surface area contributed by atoms with Gasteiger partial charge in [0, 0.05) is 43.2 Å². The van der Waals surface area contributed by atoms with E-state index in [1.54, 1.807) is 0 Å². The third-order valence-corrected chi connectivity index (χ3v) is 10.9. The predicted octanol–water partition coefficient (Wildman–Crippen LogP) is 8.86. The number of hydrogen-bond acceptors (Lipinski definition) is 11. The van der Waals surface area contributed by atoms with Crippen molar-refractivity contribution in [1.82, 2.24) is 35.8 Å². The molecule has 2 atom stereocenters. The summed E-state index contributed by atoms with van der Waals surface area (Å²) in [6.07, 6.45) is 11.5. The lowest BCUT2D eigenvalue weighted by molar-refractivity contribution is -0.135. The number of methoxy groups -OCH3 is 2. The molecule has 1 aliphatic heterocycles. The van der Waals surface area contributed by atoms with Gasteiger partial charge in [-0.2, -0.15) is 0 Å². The number of alkyl carbamates (subject to hydrolysis) is 1. The van der Waals surface area contributed by atoms with Crippen LogP contribution in [0, 0.1) is 5.92 Å². The number of aromatic nitrogens is 3. The minimum atomic E-state index is -0.633. The highest BCUT2D eigenvalue weighted by Crippen LogP contribution is 2.31. The van der Waals surface area contributed by atoms with E-state index >= 15 is 0 Å². The number of hydrogen-bond donors (Lipinski definition) is 5. The first-order valence-electron chi connectivity index (χ1n) is 22.9. The summed E-state index contributed by atoms with van der Waals surface area (Å²) in [5.41, 5.74) is 4.47. The summed E-state index contributed by atoms with van der Waals surface area (Å²) in [7, 11) is 4.45. The van der Waals surface area contributed by atoms with Gasteiger partial charge in [0.05, 0.1) is 44.4 Å². The van der Waals surface area contributed by atoms with Crippen LogP contribution in [0.1, 0.15) is 105 Å². The van der Waals surface area contributed by atoms with E-state index in [9.17, 15) is 14.4 Å². The number of nitrogens with zero attached hydrogens (tertiary/aromatic N) is 4. The maximum absolute atomic E-state index is 13.6. The summed E-state index contributed by atoms with van der Waals surface area (Å²) in [5.74, 6) is 1.78. The number of aryl methyl sites for hydroxylation is 1. The van der Waals surface area contributed by atoms with Crippen LogP contribution in [0.2, 0.25) is 0 Å². The van der Waals surface area contributed by atoms with Crippen molar-refractivity contribution in [2.45, 2.75) is 118 Å². The van der Waals surface area contributed by atoms with Gasteiger partial charge in [-0.05, 0) is 80.4 Å². The molecule has 15 heteroatoms. The molecule has 1 fully saturated rings. The van der Waals surface area contributed by atoms with Crippen LogP contribution >= 0.6 is 0 Å². The first-order chi connectivity index (χ1) is 31.1. The number of nitrogens with one attached hydrogen (secondary N) is 5. The number of anilines is 1. The Bertz CT molecular complexity index is 2000. The second-order valence-corrected chi connectivity index (χ2v) is 15.1. The van der Waals surface area contributed by atoms with Crippen LogP contribution in [0.15, 0.2) is 59.7 Å². The molecular formula is C49H75N9O6. The number of amides is 3. The van der Waals surface area contributed by atoms with Gasteiger partial charge in [-0.3, -0.25) is 19.4 Å². The summed E-state index contributed by atoms with van der Waals surface area (Å²) in [6, 6.07) is 16.5. The average molecular weight is 886 g/mol. The molecule has 2 aromatic heterocycles. The number of benzene rings is 2. The highest BCUT2D eigenvalue weighted by atomic mass is 16.5. The van der Waals surface area contributed by atoms with Crippen molar-refractivity contribution < 1.29 is 28.7 Å². The molecule has 64 heavy (non-hydrogen) atoms. The number of fused-ring (bicyclic) bond motifs is 1. The molecule has 0 bridgehead atoms. The highest BCUT2D eigenvalue weighted by molar-refractivity contribution is 5.90. The topological polar surface area (TPSA) is 192 Å². The molecule has 3 heterocycles. The van der Waals surface area contributed by atoms with Crippen molar-refractivity contribution in [2.24, 2.45) is 10.9 Å². The number of ether oxygens (including phenoxy) is 2. The Morgan fingerprint density at radius 2 is 1.62 bits per heavy atom. The van der Waals surface area contributed by atoms with Gasteiger partial charge in [-0.25, -0.2) is 14.8 Å². The van der Waals surface area contributed by atoms with Crippen molar-refractivity contribution >= 4 is 53.4 Å². The van der Waals surface area contributed by atoms with Crippen LogP contribution in [-0.4, -0.2) is 110 Å². The van der Waals surface area contributed by atoms with Crippen molar-refractivity contribution in [3.63, 3.8) is 0 Å². The number of likely N-dealkylation sites (N-methyl/N-ethyl adjacent to an activating group) is 1. The lowest BCUT2D eigenvalue weighted by Crippen LogP contribution is -2.51.